The molecular weight excluding hydrogens is 409 g/mol. The molecule has 32 heavy (non-hydrogen) atoms. The lowest BCUT2D eigenvalue weighted by Gasteiger charge is -2.16. The normalized spacial score (nSPS) is 14.5. The van der Waals surface area contributed by atoms with Crippen molar-refractivity contribution in [3.8, 4) is 28.0 Å². The van der Waals surface area contributed by atoms with Gasteiger partial charge in [-0.15, -0.1) is 5.10 Å². The molecular formula is C24H22FN5O2. The van der Waals surface area contributed by atoms with Crippen LogP contribution >= 0.6 is 0 Å². The molecule has 2 aromatic carbocycles. The number of carbonyl (C=O) groups excluding carboxylic acids is 1. The van der Waals surface area contributed by atoms with Crippen LogP contribution in [0.5, 0.6) is 5.75 Å². The van der Waals surface area contributed by atoms with Gasteiger partial charge in [-0.3, -0.25) is 4.79 Å². The van der Waals surface area contributed by atoms with Gasteiger partial charge in [0.2, 0.25) is 5.91 Å². The van der Waals surface area contributed by atoms with Crippen LogP contribution in [0.4, 0.5) is 4.39 Å². The van der Waals surface area contributed by atoms with Crippen molar-refractivity contribution >= 4 is 17.1 Å². The van der Waals surface area contributed by atoms with Crippen LogP contribution in [0.3, 0.4) is 0 Å². The Labute approximate surface area is 184 Å². The summed E-state index contributed by atoms with van der Waals surface area (Å²) in [6, 6.07) is 10.3. The van der Waals surface area contributed by atoms with Gasteiger partial charge in [-0.25, -0.2) is 9.37 Å². The molecule has 1 saturated carbocycles. The molecule has 2 N–H and O–H groups in total. The van der Waals surface area contributed by atoms with Gasteiger partial charge in [-0.1, -0.05) is 18.2 Å². The number of halogens is 1. The Morgan fingerprint density at radius 2 is 2.00 bits per heavy atom. The van der Waals surface area contributed by atoms with E-state index >= 15 is 0 Å². The van der Waals surface area contributed by atoms with Crippen LogP contribution in [0.25, 0.3) is 33.4 Å². The van der Waals surface area contributed by atoms with Crippen molar-refractivity contribution in [1.29, 1.82) is 0 Å². The predicted octanol–water partition coefficient (Wildman–Crippen LogP) is 3.84. The minimum Gasteiger partial charge on any atom is -0.496 e. The number of rotatable bonds is 6. The third-order valence-corrected chi connectivity index (χ3v) is 6.29. The van der Waals surface area contributed by atoms with Gasteiger partial charge in [0.05, 0.1) is 25.0 Å². The average Bonchev–Trinajstić information content (AvgIpc) is 3.53. The lowest BCUT2D eigenvalue weighted by Crippen LogP contribution is -2.28. The second kappa shape index (κ2) is 7.40. The minimum absolute atomic E-state index is 0.346. The van der Waals surface area contributed by atoms with Crippen LogP contribution in [-0.2, 0) is 16.8 Å². The second-order valence-electron chi connectivity index (χ2n) is 8.02. The van der Waals surface area contributed by atoms with Crippen molar-refractivity contribution < 1.29 is 13.9 Å². The summed E-state index contributed by atoms with van der Waals surface area (Å²) in [5.41, 5.74) is 9.67. The first-order chi connectivity index (χ1) is 15.5. The van der Waals surface area contributed by atoms with E-state index in [1.165, 1.54) is 13.2 Å². The molecule has 2 heterocycles. The van der Waals surface area contributed by atoms with E-state index in [0.717, 1.165) is 23.2 Å². The van der Waals surface area contributed by atoms with Gasteiger partial charge in [0.25, 0.3) is 0 Å². The maximum absolute atomic E-state index is 15.0. The predicted molar refractivity (Wildman–Crippen MR) is 118 cm³/mol. The molecule has 0 spiro atoms. The minimum atomic E-state index is -0.640. The summed E-state index contributed by atoms with van der Waals surface area (Å²) in [7, 11) is 1.53. The highest BCUT2D eigenvalue weighted by atomic mass is 19.1. The van der Waals surface area contributed by atoms with E-state index in [1.807, 2.05) is 17.6 Å². The average molecular weight is 431 g/mol. The topological polar surface area (TPSA) is 95.9 Å². The third kappa shape index (κ3) is 3.02. The molecule has 0 bridgehead atoms. The zero-order chi connectivity index (χ0) is 22.5. The van der Waals surface area contributed by atoms with Crippen molar-refractivity contribution in [2.45, 2.75) is 31.7 Å². The Bertz CT molecular complexity index is 1360. The number of carbonyl (C=O) groups is 1. The van der Waals surface area contributed by atoms with Crippen molar-refractivity contribution in [3.05, 3.63) is 60.3 Å². The number of fused-ring (bicyclic) bond motifs is 1. The molecule has 2 aromatic heterocycles. The number of nitrogens with zero attached hydrogens (tertiary/aromatic N) is 4. The van der Waals surface area contributed by atoms with Gasteiger partial charge in [-0.2, -0.15) is 5.10 Å². The maximum atomic E-state index is 15.0. The summed E-state index contributed by atoms with van der Waals surface area (Å²) in [6.07, 6.45) is 4.78. The van der Waals surface area contributed by atoms with Crippen molar-refractivity contribution in [2.24, 2.45) is 5.73 Å². The Morgan fingerprint density at radius 3 is 2.69 bits per heavy atom. The Morgan fingerprint density at radius 1 is 1.19 bits per heavy atom. The molecule has 1 aliphatic carbocycles. The fourth-order valence-corrected chi connectivity index (χ4v) is 4.23. The van der Waals surface area contributed by atoms with Crippen LogP contribution in [0, 0.1) is 5.82 Å². The van der Waals surface area contributed by atoms with Gasteiger partial charge in [-0.05, 0) is 49.1 Å². The summed E-state index contributed by atoms with van der Waals surface area (Å²) in [5, 5.41) is 8.31. The number of imidazole rings is 1. The lowest BCUT2D eigenvalue weighted by atomic mass is 9.91. The number of methoxy groups -OCH3 is 1. The summed E-state index contributed by atoms with van der Waals surface area (Å²) in [5.74, 6) is -0.242. The summed E-state index contributed by atoms with van der Waals surface area (Å²) < 4.78 is 22.4. The monoisotopic (exact) mass is 431 g/mol. The number of aromatic nitrogens is 4. The van der Waals surface area contributed by atoms with Gasteiger partial charge < -0.3 is 15.0 Å². The number of hydrogen-bond donors (Lipinski definition) is 1. The van der Waals surface area contributed by atoms with Crippen LogP contribution < -0.4 is 10.5 Å². The highest BCUT2D eigenvalue weighted by Gasteiger charge is 2.50. The lowest BCUT2D eigenvalue weighted by molar-refractivity contribution is -0.120. The molecule has 7 nitrogen and oxygen atoms in total. The first kappa shape index (κ1) is 20.1. The van der Waals surface area contributed by atoms with E-state index in [0.29, 0.717) is 40.9 Å². The molecule has 1 fully saturated rings. The maximum Gasteiger partial charge on any atom is 0.228 e. The van der Waals surface area contributed by atoms with Gasteiger partial charge in [0.1, 0.15) is 17.1 Å². The first-order valence-electron chi connectivity index (χ1n) is 10.4. The zero-order valence-electron chi connectivity index (χ0n) is 17.8. The Balaban J connectivity index is 1.63. The van der Waals surface area contributed by atoms with Crippen LogP contribution in [0.2, 0.25) is 0 Å². The zero-order valence-corrected chi connectivity index (χ0v) is 17.8. The number of nitrogens with two attached hydrogens (primary N) is 1. The number of ether oxygens (including phenoxy) is 1. The second-order valence-corrected chi connectivity index (χ2v) is 8.02. The number of amides is 1. The fourth-order valence-electron chi connectivity index (χ4n) is 4.23. The van der Waals surface area contributed by atoms with E-state index in [4.69, 9.17) is 10.5 Å². The molecule has 0 atom stereocenters. The molecule has 0 radical (unpaired) electrons. The van der Waals surface area contributed by atoms with Crippen molar-refractivity contribution in [2.75, 3.05) is 7.11 Å². The Hall–Kier alpha value is -3.81. The van der Waals surface area contributed by atoms with Crippen molar-refractivity contribution in [1.82, 2.24) is 19.7 Å². The largest absolute Gasteiger partial charge is 0.496 e. The molecule has 8 heteroatoms. The summed E-state index contributed by atoms with van der Waals surface area (Å²) in [6.45, 7) is 2.73. The smallest absolute Gasteiger partial charge is 0.228 e. The SMILES string of the molecule is CCn1cnc2c(-c3ccc(F)c(-c4ccc(C5(C(N)=O)CC5)cc4OC)c3)cnnc21. The summed E-state index contributed by atoms with van der Waals surface area (Å²) >= 11 is 0. The van der Waals surface area contributed by atoms with Crippen LogP contribution in [0.1, 0.15) is 25.3 Å². The van der Waals surface area contributed by atoms with Gasteiger partial charge >= 0.3 is 0 Å². The van der Waals surface area contributed by atoms with Gasteiger partial charge in [0.15, 0.2) is 5.65 Å². The fraction of sp³-hybridized carbons (Fsp3) is 0.250. The Kier molecular flexibility index (Phi) is 4.65. The molecule has 1 aliphatic rings. The highest BCUT2D eigenvalue weighted by molar-refractivity contribution is 5.92. The molecule has 0 unspecified atom stereocenters. The van der Waals surface area contributed by atoms with Crippen molar-refractivity contribution in [3.63, 3.8) is 0 Å². The van der Waals surface area contributed by atoms with E-state index in [-0.39, 0.29) is 11.7 Å². The van der Waals surface area contributed by atoms with E-state index < -0.39 is 5.41 Å². The molecule has 1 amide bonds. The molecule has 0 aliphatic heterocycles. The quantitative estimate of drug-likeness (QED) is 0.500. The van der Waals surface area contributed by atoms with Gasteiger partial charge in [0, 0.05) is 23.2 Å². The van der Waals surface area contributed by atoms with E-state index in [1.54, 1.807) is 36.8 Å². The third-order valence-electron chi connectivity index (χ3n) is 6.29. The number of benzene rings is 2. The van der Waals surface area contributed by atoms with E-state index in [9.17, 15) is 9.18 Å². The first-order valence-corrected chi connectivity index (χ1v) is 10.4. The molecule has 5 rings (SSSR count). The van der Waals surface area contributed by atoms with E-state index in [2.05, 4.69) is 15.2 Å². The molecule has 4 aromatic rings. The molecule has 162 valence electrons. The van der Waals surface area contributed by atoms with Crippen LogP contribution in [-0.4, -0.2) is 32.8 Å². The highest BCUT2D eigenvalue weighted by Crippen LogP contribution is 2.49. The summed E-state index contributed by atoms with van der Waals surface area (Å²) in [4.78, 5) is 16.4. The number of aryl methyl sites for hydroxylation is 1. The standard InChI is InChI=1S/C24H22FN5O2/c1-3-30-13-27-21-18(12-28-29-22(21)30)14-4-7-19(25)17(10-14)16-6-5-15(11-20(16)32-2)24(8-9-24)23(26)31/h4-7,10-13H,3,8-9H2,1-2H3,(H2,26,31). The van der Waals surface area contributed by atoms with Crippen LogP contribution in [0.15, 0.2) is 48.9 Å². The number of primary amides is 1. The molecule has 0 saturated heterocycles. The number of hydrogen-bond acceptors (Lipinski definition) is 5.